The summed E-state index contributed by atoms with van der Waals surface area (Å²) in [5.74, 6) is 0.210. The van der Waals surface area contributed by atoms with Gasteiger partial charge in [-0.3, -0.25) is 9.59 Å². The van der Waals surface area contributed by atoms with Crippen molar-refractivity contribution in [1.82, 2.24) is 14.6 Å². The minimum absolute atomic E-state index is 0.0712. The van der Waals surface area contributed by atoms with Crippen LogP contribution in [0, 0.1) is 0 Å². The van der Waals surface area contributed by atoms with Gasteiger partial charge in [0.25, 0.3) is 5.91 Å². The smallest absolute Gasteiger partial charge is 0.307 e. The Hall–Kier alpha value is -4.40. The van der Waals surface area contributed by atoms with E-state index in [0.29, 0.717) is 35.0 Å². The summed E-state index contributed by atoms with van der Waals surface area (Å²) in [6.07, 6.45) is 1.40. The molecule has 0 aliphatic rings. The minimum Gasteiger partial charge on any atom is -0.497 e. The molecule has 0 spiro atoms. The van der Waals surface area contributed by atoms with Gasteiger partial charge in [0.1, 0.15) is 11.6 Å². The van der Waals surface area contributed by atoms with E-state index in [2.05, 4.69) is 15.4 Å². The summed E-state index contributed by atoms with van der Waals surface area (Å²) >= 11 is 0. The van der Waals surface area contributed by atoms with Gasteiger partial charge in [-0.05, 0) is 47.5 Å². The molecule has 0 saturated heterocycles. The zero-order chi connectivity index (χ0) is 23.4. The molecule has 0 aliphatic carbocycles. The molecule has 2 aromatic carbocycles. The van der Waals surface area contributed by atoms with Crippen molar-refractivity contribution in [2.45, 2.75) is 13.0 Å². The summed E-state index contributed by atoms with van der Waals surface area (Å²) < 4.78 is 6.71. The van der Waals surface area contributed by atoms with Crippen LogP contribution in [-0.4, -0.2) is 45.7 Å². The fourth-order valence-electron chi connectivity index (χ4n) is 3.38. The number of anilines is 2. The van der Waals surface area contributed by atoms with Crippen LogP contribution in [0.2, 0.25) is 0 Å². The second-order valence-electron chi connectivity index (χ2n) is 7.53. The quantitative estimate of drug-likeness (QED) is 0.428. The van der Waals surface area contributed by atoms with Crippen LogP contribution in [0.1, 0.15) is 21.6 Å². The Labute approximate surface area is 190 Å². The van der Waals surface area contributed by atoms with Crippen molar-refractivity contribution in [3.63, 3.8) is 0 Å². The number of rotatable bonds is 8. The highest BCUT2D eigenvalue weighted by Crippen LogP contribution is 2.18. The van der Waals surface area contributed by atoms with Crippen molar-refractivity contribution < 1.29 is 19.4 Å². The molecule has 9 nitrogen and oxygen atoms in total. The zero-order valence-corrected chi connectivity index (χ0v) is 18.2. The predicted octanol–water partition coefficient (Wildman–Crippen LogP) is 3.25. The maximum absolute atomic E-state index is 12.9. The lowest BCUT2D eigenvalue weighted by Crippen LogP contribution is -2.20. The van der Waals surface area contributed by atoms with Gasteiger partial charge in [0.15, 0.2) is 11.3 Å². The number of imidazole rings is 1. The van der Waals surface area contributed by atoms with Crippen LogP contribution in [0.4, 0.5) is 11.5 Å². The van der Waals surface area contributed by atoms with Crippen molar-refractivity contribution in [2.75, 3.05) is 24.4 Å². The molecule has 0 radical (unpaired) electrons. The second kappa shape index (κ2) is 9.39. The molecular formula is C24H23N5O4. The molecule has 0 saturated carbocycles. The molecule has 9 heteroatoms. The molecule has 2 N–H and O–H groups in total. The van der Waals surface area contributed by atoms with Gasteiger partial charge >= 0.3 is 5.97 Å². The van der Waals surface area contributed by atoms with Gasteiger partial charge in [-0.25, -0.2) is 9.50 Å². The third kappa shape index (κ3) is 5.09. The van der Waals surface area contributed by atoms with E-state index in [9.17, 15) is 9.59 Å². The Balaban J connectivity index is 1.50. The van der Waals surface area contributed by atoms with Gasteiger partial charge in [-0.2, -0.15) is 0 Å². The largest absolute Gasteiger partial charge is 0.497 e. The van der Waals surface area contributed by atoms with E-state index in [4.69, 9.17) is 9.84 Å². The predicted molar refractivity (Wildman–Crippen MR) is 124 cm³/mol. The monoisotopic (exact) mass is 445 g/mol. The lowest BCUT2D eigenvalue weighted by Gasteiger charge is -2.18. The number of hydrogen-bond acceptors (Lipinski definition) is 6. The molecule has 0 unspecified atom stereocenters. The Morgan fingerprint density at radius 1 is 1.03 bits per heavy atom. The van der Waals surface area contributed by atoms with Crippen LogP contribution in [0.3, 0.4) is 0 Å². The third-order valence-electron chi connectivity index (χ3n) is 5.12. The number of nitrogens with zero attached hydrogens (tertiary/aromatic N) is 4. The number of carboxylic acid groups (broad SMARTS) is 1. The maximum Gasteiger partial charge on any atom is 0.307 e. The van der Waals surface area contributed by atoms with Gasteiger partial charge in [0, 0.05) is 19.3 Å². The van der Waals surface area contributed by atoms with Crippen molar-refractivity contribution in [1.29, 1.82) is 0 Å². The van der Waals surface area contributed by atoms with Crippen molar-refractivity contribution >= 4 is 29.0 Å². The molecule has 168 valence electrons. The highest BCUT2D eigenvalue weighted by atomic mass is 16.5. The fourth-order valence-corrected chi connectivity index (χ4v) is 3.38. The van der Waals surface area contributed by atoms with Crippen LogP contribution in [-0.2, 0) is 17.8 Å². The van der Waals surface area contributed by atoms with Gasteiger partial charge < -0.3 is 20.1 Å². The summed E-state index contributed by atoms with van der Waals surface area (Å²) in [4.78, 5) is 29.9. The van der Waals surface area contributed by atoms with E-state index in [1.165, 1.54) is 10.7 Å². The number of fused-ring (bicyclic) bond motifs is 1. The van der Waals surface area contributed by atoms with E-state index < -0.39 is 5.97 Å². The molecule has 0 fully saturated rings. The SMILES string of the molecule is COc1ccc(CN(C)c2ccc3ncc(C(=O)Nc4ccc(CC(=O)O)cc4)n3n2)cc1. The van der Waals surface area contributed by atoms with Gasteiger partial charge in [-0.15, -0.1) is 5.10 Å². The van der Waals surface area contributed by atoms with Crippen molar-refractivity contribution in [3.05, 3.63) is 83.7 Å². The summed E-state index contributed by atoms with van der Waals surface area (Å²) in [5.41, 5.74) is 3.14. The molecule has 2 aromatic heterocycles. The number of nitrogens with one attached hydrogen (secondary N) is 1. The summed E-state index contributed by atoms with van der Waals surface area (Å²) in [6, 6.07) is 18.1. The van der Waals surface area contributed by atoms with Crippen molar-refractivity contribution in [2.24, 2.45) is 0 Å². The van der Waals surface area contributed by atoms with Crippen LogP contribution < -0.4 is 15.0 Å². The first kappa shape index (κ1) is 21.8. The first-order valence-electron chi connectivity index (χ1n) is 10.2. The fraction of sp³-hybridized carbons (Fsp3) is 0.167. The molecule has 0 aliphatic heterocycles. The molecule has 4 aromatic rings. The molecule has 4 rings (SSSR count). The molecule has 0 atom stereocenters. The lowest BCUT2D eigenvalue weighted by atomic mass is 10.1. The van der Waals surface area contributed by atoms with Gasteiger partial charge in [0.05, 0.1) is 19.7 Å². The highest BCUT2D eigenvalue weighted by molar-refractivity contribution is 6.03. The summed E-state index contributed by atoms with van der Waals surface area (Å²) in [6.45, 7) is 0.626. The van der Waals surface area contributed by atoms with E-state index in [1.807, 2.05) is 48.3 Å². The van der Waals surface area contributed by atoms with E-state index in [1.54, 1.807) is 31.4 Å². The van der Waals surface area contributed by atoms with Crippen molar-refractivity contribution in [3.8, 4) is 5.75 Å². The average molecular weight is 445 g/mol. The minimum atomic E-state index is -0.906. The first-order valence-corrected chi connectivity index (χ1v) is 10.2. The van der Waals surface area contributed by atoms with Crippen LogP contribution >= 0.6 is 0 Å². The highest BCUT2D eigenvalue weighted by Gasteiger charge is 2.15. The number of ether oxygens (including phenoxy) is 1. The van der Waals surface area contributed by atoms with Crippen LogP contribution in [0.25, 0.3) is 5.65 Å². The molecule has 0 bridgehead atoms. The number of benzene rings is 2. The molecule has 2 heterocycles. The van der Waals surface area contributed by atoms with Crippen LogP contribution in [0.15, 0.2) is 66.9 Å². The van der Waals surface area contributed by atoms with Crippen LogP contribution in [0.5, 0.6) is 5.75 Å². The lowest BCUT2D eigenvalue weighted by molar-refractivity contribution is -0.136. The third-order valence-corrected chi connectivity index (χ3v) is 5.12. The Bertz CT molecular complexity index is 1280. The van der Waals surface area contributed by atoms with E-state index in [-0.39, 0.29) is 12.3 Å². The standard InChI is InChI=1S/C24H23N5O4/c1-28(15-17-5-9-19(33-2)10-6-17)22-12-11-21-25-14-20(29(21)27-22)24(32)26-18-7-3-16(4-8-18)13-23(30)31/h3-12,14H,13,15H2,1-2H3,(H,26,32)(H,30,31). The molecule has 33 heavy (non-hydrogen) atoms. The normalized spacial score (nSPS) is 10.7. The summed E-state index contributed by atoms with van der Waals surface area (Å²) in [5, 5.41) is 16.3. The number of aliphatic carboxylic acids is 1. The van der Waals surface area contributed by atoms with E-state index in [0.717, 1.165) is 11.3 Å². The van der Waals surface area contributed by atoms with E-state index >= 15 is 0 Å². The number of carboxylic acids is 1. The number of aromatic nitrogens is 3. The van der Waals surface area contributed by atoms with Gasteiger partial charge in [0.2, 0.25) is 0 Å². The van der Waals surface area contributed by atoms with Gasteiger partial charge in [-0.1, -0.05) is 24.3 Å². The number of methoxy groups -OCH3 is 1. The number of hydrogen-bond donors (Lipinski definition) is 2. The Morgan fingerprint density at radius 2 is 1.73 bits per heavy atom. The number of carbonyl (C=O) groups is 2. The first-order chi connectivity index (χ1) is 15.9. The maximum atomic E-state index is 12.9. The second-order valence-corrected chi connectivity index (χ2v) is 7.53. The number of amides is 1. The zero-order valence-electron chi connectivity index (χ0n) is 18.2. The summed E-state index contributed by atoms with van der Waals surface area (Å²) in [7, 11) is 3.56. The molecular weight excluding hydrogens is 422 g/mol. The Kier molecular flexibility index (Phi) is 6.21. The topological polar surface area (TPSA) is 109 Å². The average Bonchev–Trinajstić information content (AvgIpc) is 3.24. The number of carbonyl (C=O) groups excluding carboxylic acids is 1. The Morgan fingerprint density at radius 3 is 2.39 bits per heavy atom. The molecule has 1 amide bonds.